The molecule has 1 fully saturated rings. The molecule has 0 heterocycles. The average molecular weight is 413 g/mol. The van der Waals surface area contributed by atoms with Crippen molar-refractivity contribution in [3.8, 4) is 0 Å². The van der Waals surface area contributed by atoms with Gasteiger partial charge < -0.3 is 0 Å². The van der Waals surface area contributed by atoms with E-state index in [0.29, 0.717) is 5.92 Å². The van der Waals surface area contributed by atoms with Crippen LogP contribution < -0.4 is 0 Å². The predicted molar refractivity (Wildman–Crippen MR) is 137 cm³/mol. The van der Waals surface area contributed by atoms with Crippen LogP contribution in [0.25, 0.3) is 6.08 Å². The zero-order valence-corrected chi connectivity index (χ0v) is 19.9. The lowest BCUT2D eigenvalue weighted by Gasteiger charge is -2.29. The number of hydrogen-bond acceptors (Lipinski definition) is 0. The maximum absolute atomic E-state index is 4.37. The maximum Gasteiger partial charge on any atom is -0.00974 e. The quantitative estimate of drug-likeness (QED) is 0.286. The fraction of sp³-hybridized carbons (Fsp3) is 0.419. The van der Waals surface area contributed by atoms with Crippen molar-refractivity contribution in [1.29, 1.82) is 0 Å². The van der Waals surface area contributed by atoms with E-state index in [1.807, 2.05) is 6.08 Å². The summed E-state index contributed by atoms with van der Waals surface area (Å²) in [6, 6.07) is 15.9. The van der Waals surface area contributed by atoms with Crippen LogP contribution in [0.3, 0.4) is 0 Å². The van der Waals surface area contributed by atoms with Crippen LogP contribution in [0, 0.1) is 11.8 Å². The van der Waals surface area contributed by atoms with Gasteiger partial charge in [0.2, 0.25) is 0 Å². The Hall–Kier alpha value is -2.34. The smallest absolute Gasteiger partial charge is 0.00974 e. The number of aryl methyl sites for hydroxylation is 3. The fourth-order valence-electron chi connectivity index (χ4n) is 5.22. The standard InChI is InChI=1S/C31H40/c1-6-12-28-13-8-9-14-29(28)15-10-11-16-30-18-17-26(21-27(30)7-2)22-31-24(4)19-23(3)20-25(31)5/h6,8-9,13-14,17-18,21-23,25H,1,4,7,10-12,15-16,19-20H2,2-3,5H3. The van der Waals surface area contributed by atoms with Gasteiger partial charge in [0.25, 0.3) is 0 Å². The molecule has 2 unspecified atom stereocenters. The van der Waals surface area contributed by atoms with E-state index in [9.17, 15) is 0 Å². The van der Waals surface area contributed by atoms with Gasteiger partial charge >= 0.3 is 0 Å². The number of hydrogen-bond donors (Lipinski definition) is 0. The Labute approximate surface area is 190 Å². The van der Waals surface area contributed by atoms with Crippen LogP contribution >= 0.6 is 0 Å². The Morgan fingerprint density at radius 1 is 0.935 bits per heavy atom. The number of unbranched alkanes of at least 4 members (excludes halogenated alkanes) is 1. The minimum absolute atomic E-state index is 0.616. The monoisotopic (exact) mass is 412 g/mol. The van der Waals surface area contributed by atoms with E-state index in [1.54, 1.807) is 0 Å². The topological polar surface area (TPSA) is 0 Å². The summed E-state index contributed by atoms with van der Waals surface area (Å²) >= 11 is 0. The third-order valence-corrected chi connectivity index (χ3v) is 6.85. The third-order valence-electron chi connectivity index (χ3n) is 6.85. The molecule has 0 aliphatic heterocycles. The van der Waals surface area contributed by atoms with Crippen LogP contribution in [0.15, 0.2) is 72.8 Å². The third kappa shape index (κ3) is 6.33. The molecule has 0 spiro atoms. The normalized spacial score (nSPS) is 20.2. The molecule has 1 aliphatic carbocycles. The first-order valence-corrected chi connectivity index (χ1v) is 12.2. The molecule has 164 valence electrons. The van der Waals surface area contributed by atoms with E-state index in [4.69, 9.17) is 0 Å². The van der Waals surface area contributed by atoms with Crippen molar-refractivity contribution in [3.63, 3.8) is 0 Å². The van der Waals surface area contributed by atoms with E-state index in [1.165, 1.54) is 64.6 Å². The minimum atomic E-state index is 0.616. The molecule has 0 bridgehead atoms. The predicted octanol–water partition coefficient (Wildman–Crippen LogP) is 8.55. The lowest BCUT2D eigenvalue weighted by molar-refractivity contribution is 0.419. The first kappa shape index (κ1) is 23.3. The molecule has 1 saturated carbocycles. The average Bonchev–Trinajstić information content (AvgIpc) is 2.75. The Morgan fingerprint density at radius 3 is 2.26 bits per heavy atom. The van der Waals surface area contributed by atoms with Crippen LogP contribution in [0.4, 0.5) is 0 Å². The van der Waals surface area contributed by atoms with Crippen molar-refractivity contribution in [3.05, 3.63) is 101 Å². The summed E-state index contributed by atoms with van der Waals surface area (Å²) in [6.07, 6.45) is 13.7. The van der Waals surface area contributed by atoms with Crippen molar-refractivity contribution in [2.24, 2.45) is 11.8 Å². The van der Waals surface area contributed by atoms with Gasteiger partial charge in [-0.1, -0.05) is 87.5 Å². The van der Waals surface area contributed by atoms with Gasteiger partial charge in [-0.05, 0) is 96.6 Å². The highest BCUT2D eigenvalue weighted by atomic mass is 14.3. The molecule has 2 aromatic rings. The molecular weight excluding hydrogens is 372 g/mol. The number of benzene rings is 2. The Bertz CT molecular complexity index is 927. The zero-order valence-electron chi connectivity index (χ0n) is 19.9. The highest BCUT2D eigenvalue weighted by Gasteiger charge is 2.22. The summed E-state index contributed by atoms with van der Waals surface area (Å²) in [5, 5.41) is 0. The van der Waals surface area contributed by atoms with Gasteiger partial charge in [-0.3, -0.25) is 0 Å². The first-order chi connectivity index (χ1) is 15.0. The van der Waals surface area contributed by atoms with Gasteiger partial charge in [-0.25, -0.2) is 0 Å². The van der Waals surface area contributed by atoms with Crippen LogP contribution in [0.5, 0.6) is 0 Å². The second-order valence-electron chi connectivity index (χ2n) is 9.50. The molecule has 0 N–H and O–H groups in total. The molecule has 3 rings (SSSR count). The van der Waals surface area contributed by atoms with E-state index in [2.05, 4.69) is 82.5 Å². The van der Waals surface area contributed by atoms with Crippen LogP contribution in [-0.4, -0.2) is 0 Å². The highest BCUT2D eigenvalue weighted by Crippen LogP contribution is 2.37. The summed E-state index contributed by atoms with van der Waals surface area (Å²) in [5.41, 5.74) is 10.1. The molecule has 0 heteroatoms. The van der Waals surface area contributed by atoms with Crippen molar-refractivity contribution in [2.45, 2.75) is 72.1 Å². The first-order valence-electron chi connectivity index (χ1n) is 12.2. The molecule has 1 aliphatic rings. The van der Waals surface area contributed by atoms with Gasteiger partial charge in [-0.15, -0.1) is 6.58 Å². The number of rotatable bonds is 9. The van der Waals surface area contributed by atoms with E-state index < -0.39 is 0 Å². The minimum Gasteiger partial charge on any atom is -0.103 e. The molecule has 0 radical (unpaired) electrons. The molecule has 0 aromatic heterocycles. The zero-order chi connectivity index (χ0) is 22.2. The Balaban J connectivity index is 1.62. The number of allylic oxidation sites excluding steroid dienone is 3. The van der Waals surface area contributed by atoms with E-state index in [0.717, 1.165) is 31.6 Å². The van der Waals surface area contributed by atoms with E-state index in [-0.39, 0.29) is 0 Å². The molecule has 0 amide bonds. The van der Waals surface area contributed by atoms with Gasteiger partial charge in [0.1, 0.15) is 0 Å². The van der Waals surface area contributed by atoms with Crippen molar-refractivity contribution in [2.75, 3.05) is 0 Å². The van der Waals surface area contributed by atoms with Crippen LogP contribution in [-0.2, 0) is 25.7 Å². The van der Waals surface area contributed by atoms with Crippen molar-refractivity contribution < 1.29 is 0 Å². The SMILES string of the molecule is C=CCc1ccccc1CCCCc1ccc(C=C2C(=C)CC(C)CC2C)cc1CC. The van der Waals surface area contributed by atoms with Crippen LogP contribution in [0.1, 0.15) is 74.3 Å². The van der Waals surface area contributed by atoms with Gasteiger partial charge in [-0.2, -0.15) is 0 Å². The molecule has 0 nitrogen and oxygen atoms in total. The summed E-state index contributed by atoms with van der Waals surface area (Å²) < 4.78 is 0. The van der Waals surface area contributed by atoms with Gasteiger partial charge in [0.05, 0.1) is 0 Å². The Morgan fingerprint density at radius 2 is 1.61 bits per heavy atom. The molecule has 0 saturated heterocycles. The Kier molecular flexibility index (Phi) is 8.52. The van der Waals surface area contributed by atoms with E-state index >= 15 is 0 Å². The fourth-order valence-corrected chi connectivity index (χ4v) is 5.22. The lowest BCUT2D eigenvalue weighted by Crippen LogP contribution is -2.15. The summed E-state index contributed by atoms with van der Waals surface area (Å²) in [5.74, 6) is 1.38. The molecule has 31 heavy (non-hydrogen) atoms. The maximum atomic E-state index is 4.37. The molecule has 2 atom stereocenters. The lowest BCUT2D eigenvalue weighted by atomic mass is 9.76. The van der Waals surface area contributed by atoms with Gasteiger partial charge in [0.15, 0.2) is 0 Å². The second-order valence-corrected chi connectivity index (χ2v) is 9.50. The van der Waals surface area contributed by atoms with Crippen LogP contribution in [0.2, 0.25) is 0 Å². The summed E-state index contributed by atoms with van der Waals surface area (Å²) in [4.78, 5) is 0. The second kappa shape index (κ2) is 11.3. The van der Waals surface area contributed by atoms with Gasteiger partial charge in [0, 0.05) is 0 Å². The largest absolute Gasteiger partial charge is 0.103 e. The highest BCUT2D eigenvalue weighted by molar-refractivity contribution is 5.60. The molecule has 2 aromatic carbocycles. The van der Waals surface area contributed by atoms with Crippen molar-refractivity contribution in [1.82, 2.24) is 0 Å². The summed E-state index contributed by atoms with van der Waals surface area (Å²) in [6.45, 7) is 15.3. The molecular formula is C31H40. The summed E-state index contributed by atoms with van der Waals surface area (Å²) in [7, 11) is 0. The van der Waals surface area contributed by atoms with Crippen molar-refractivity contribution >= 4 is 6.08 Å².